The molecule has 0 fully saturated rings. The Hall–Kier alpha value is -2.99. The van der Waals surface area contributed by atoms with Crippen molar-refractivity contribution in [3.63, 3.8) is 0 Å². The summed E-state index contributed by atoms with van der Waals surface area (Å²) in [7, 11) is 1.62. The van der Waals surface area contributed by atoms with Gasteiger partial charge in [-0.3, -0.25) is 4.79 Å². The Bertz CT molecular complexity index is 1100. The Kier molecular flexibility index (Phi) is 3.82. The summed E-state index contributed by atoms with van der Waals surface area (Å²) >= 11 is 1.45. The van der Waals surface area contributed by atoms with Crippen LogP contribution in [-0.2, 0) is 0 Å². The highest BCUT2D eigenvalue weighted by molar-refractivity contribution is 7.19. The van der Waals surface area contributed by atoms with Gasteiger partial charge in [0.15, 0.2) is 5.82 Å². The van der Waals surface area contributed by atoms with E-state index in [1.54, 1.807) is 17.6 Å². The Morgan fingerprint density at radius 2 is 1.64 bits per heavy atom. The van der Waals surface area contributed by atoms with Crippen LogP contribution in [-0.4, -0.2) is 21.7 Å². The maximum absolute atomic E-state index is 12.7. The van der Waals surface area contributed by atoms with Gasteiger partial charge in [0, 0.05) is 16.5 Å². The van der Waals surface area contributed by atoms with Gasteiger partial charge in [0.1, 0.15) is 5.75 Å². The highest BCUT2D eigenvalue weighted by Gasteiger charge is 2.13. The van der Waals surface area contributed by atoms with Crippen molar-refractivity contribution in [2.24, 2.45) is 0 Å². The zero-order valence-electron chi connectivity index (χ0n) is 13.8. The van der Waals surface area contributed by atoms with Gasteiger partial charge in [-0.15, -0.1) is 10.2 Å². The molecule has 2 heterocycles. The largest absolute Gasteiger partial charge is 0.497 e. The van der Waals surface area contributed by atoms with E-state index in [0.29, 0.717) is 10.8 Å². The van der Waals surface area contributed by atoms with Crippen molar-refractivity contribution in [2.75, 3.05) is 7.11 Å². The second kappa shape index (κ2) is 6.14. The molecule has 25 heavy (non-hydrogen) atoms. The molecule has 0 saturated carbocycles. The molecular weight excluding hydrogens is 334 g/mol. The number of hydrogen-bond donors (Lipinski definition) is 0. The van der Waals surface area contributed by atoms with Gasteiger partial charge >= 0.3 is 0 Å². The number of ether oxygens (including phenoxy) is 1. The predicted octanol–water partition coefficient (Wildman–Crippen LogP) is 3.80. The molecule has 0 spiro atoms. The quantitative estimate of drug-likeness (QED) is 0.564. The van der Waals surface area contributed by atoms with E-state index >= 15 is 0 Å². The fraction of sp³-hybridized carbons (Fsp3) is 0.105. The first-order valence-corrected chi connectivity index (χ1v) is 8.58. The SMILES string of the molecule is COc1ccc(-c2nnc3sc(-c4ccc(C)cc4)cc(=O)n23)cc1. The van der Waals surface area contributed by atoms with Gasteiger partial charge in [-0.1, -0.05) is 41.2 Å². The van der Waals surface area contributed by atoms with E-state index in [0.717, 1.165) is 21.8 Å². The highest BCUT2D eigenvalue weighted by atomic mass is 32.1. The van der Waals surface area contributed by atoms with E-state index in [1.165, 1.54) is 16.9 Å². The third kappa shape index (κ3) is 2.81. The average Bonchev–Trinajstić information content (AvgIpc) is 3.07. The molecule has 2 aromatic heterocycles. The number of methoxy groups -OCH3 is 1. The second-order valence-electron chi connectivity index (χ2n) is 5.69. The number of nitrogens with zero attached hydrogens (tertiary/aromatic N) is 3. The molecule has 4 rings (SSSR count). The molecule has 0 atom stereocenters. The normalized spacial score (nSPS) is 11.0. The molecule has 0 aliphatic rings. The van der Waals surface area contributed by atoms with Crippen LogP contribution < -0.4 is 10.3 Å². The van der Waals surface area contributed by atoms with Crippen molar-refractivity contribution >= 4 is 16.3 Å². The van der Waals surface area contributed by atoms with E-state index in [1.807, 2.05) is 55.5 Å². The maximum Gasteiger partial charge on any atom is 0.260 e. The fourth-order valence-corrected chi connectivity index (χ4v) is 3.59. The molecule has 4 aromatic rings. The summed E-state index contributed by atoms with van der Waals surface area (Å²) in [5.74, 6) is 1.29. The lowest BCUT2D eigenvalue weighted by atomic mass is 10.1. The van der Waals surface area contributed by atoms with Crippen LogP contribution in [0.4, 0.5) is 0 Å². The number of aromatic nitrogens is 3. The summed E-state index contributed by atoms with van der Waals surface area (Å²) in [5.41, 5.74) is 2.87. The van der Waals surface area contributed by atoms with Crippen molar-refractivity contribution in [3.8, 4) is 27.6 Å². The minimum atomic E-state index is -0.139. The molecule has 124 valence electrons. The van der Waals surface area contributed by atoms with Crippen molar-refractivity contribution in [1.82, 2.24) is 14.6 Å². The van der Waals surface area contributed by atoms with Gasteiger partial charge in [-0.25, -0.2) is 4.40 Å². The van der Waals surface area contributed by atoms with E-state index in [4.69, 9.17) is 4.74 Å². The molecule has 0 aliphatic carbocycles. The summed E-state index contributed by atoms with van der Waals surface area (Å²) in [4.78, 5) is 14.1. The van der Waals surface area contributed by atoms with Crippen LogP contribution in [0, 0.1) is 6.92 Å². The summed E-state index contributed by atoms with van der Waals surface area (Å²) in [6, 6.07) is 17.1. The monoisotopic (exact) mass is 349 g/mol. The highest BCUT2D eigenvalue weighted by Crippen LogP contribution is 2.27. The van der Waals surface area contributed by atoms with Gasteiger partial charge in [0.25, 0.3) is 5.56 Å². The zero-order valence-corrected chi connectivity index (χ0v) is 14.6. The molecule has 5 nitrogen and oxygen atoms in total. The average molecular weight is 349 g/mol. The Labute approximate surface area is 148 Å². The molecule has 0 saturated heterocycles. The first kappa shape index (κ1) is 15.5. The number of benzene rings is 2. The predicted molar refractivity (Wildman–Crippen MR) is 99.3 cm³/mol. The van der Waals surface area contributed by atoms with Gasteiger partial charge in [0.05, 0.1) is 7.11 Å². The van der Waals surface area contributed by atoms with Crippen molar-refractivity contribution < 1.29 is 4.74 Å². The number of fused-ring (bicyclic) bond motifs is 1. The van der Waals surface area contributed by atoms with Crippen LogP contribution in [0.15, 0.2) is 59.4 Å². The summed E-state index contributed by atoms with van der Waals surface area (Å²) in [6.45, 7) is 2.04. The minimum absolute atomic E-state index is 0.139. The van der Waals surface area contributed by atoms with Crippen LogP contribution in [0.2, 0.25) is 0 Å². The third-order valence-electron chi connectivity index (χ3n) is 3.99. The van der Waals surface area contributed by atoms with Gasteiger partial charge in [-0.05, 0) is 36.8 Å². The third-order valence-corrected chi connectivity index (χ3v) is 5.01. The minimum Gasteiger partial charge on any atom is -0.497 e. The lowest BCUT2D eigenvalue weighted by Crippen LogP contribution is -2.11. The van der Waals surface area contributed by atoms with Crippen molar-refractivity contribution in [2.45, 2.75) is 6.92 Å². The van der Waals surface area contributed by atoms with E-state index in [9.17, 15) is 4.79 Å². The maximum atomic E-state index is 12.7. The van der Waals surface area contributed by atoms with Crippen molar-refractivity contribution in [3.05, 3.63) is 70.5 Å². The Morgan fingerprint density at radius 1 is 0.960 bits per heavy atom. The Morgan fingerprint density at radius 3 is 2.32 bits per heavy atom. The smallest absolute Gasteiger partial charge is 0.260 e. The molecule has 0 aliphatic heterocycles. The summed E-state index contributed by atoms with van der Waals surface area (Å²) < 4.78 is 6.71. The number of aryl methyl sites for hydroxylation is 1. The standard InChI is InChI=1S/C19H15N3O2S/c1-12-3-5-13(6-4-12)16-11-17(23)22-18(20-21-19(22)25-16)14-7-9-15(24-2)10-8-14/h3-11H,1-2H3. The molecule has 0 radical (unpaired) electrons. The molecular formula is C19H15N3O2S. The van der Waals surface area contributed by atoms with E-state index in [-0.39, 0.29) is 5.56 Å². The topological polar surface area (TPSA) is 56.5 Å². The molecule has 6 heteroatoms. The van der Waals surface area contributed by atoms with Crippen LogP contribution >= 0.6 is 11.3 Å². The number of rotatable bonds is 3. The van der Waals surface area contributed by atoms with Crippen LogP contribution in [0.1, 0.15) is 5.56 Å². The number of hydrogen-bond acceptors (Lipinski definition) is 5. The second-order valence-corrected chi connectivity index (χ2v) is 6.69. The molecule has 0 N–H and O–H groups in total. The van der Waals surface area contributed by atoms with Gasteiger partial charge in [0.2, 0.25) is 4.96 Å². The summed E-state index contributed by atoms with van der Waals surface area (Å²) in [6.07, 6.45) is 0. The first-order valence-electron chi connectivity index (χ1n) is 7.76. The first-order chi connectivity index (χ1) is 12.2. The molecule has 0 bridgehead atoms. The zero-order chi connectivity index (χ0) is 17.4. The molecule has 0 amide bonds. The Balaban J connectivity index is 1.84. The molecule has 2 aromatic carbocycles. The van der Waals surface area contributed by atoms with Gasteiger partial charge in [-0.2, -0.15) is 0 Å². The molecule has 0 unspecified atom stereocenters. The van der Waals surface area contributed by atoms with E-state index < -0.39 is 0 Å². The van der Waals surface area contributed by atoms with Crippen LogP contribution in [0.3, 0.4) is 0 Å². The van der Waals surface area contributed by atoms with Crippen molar-refractivity contribution in [1.29, 1.82) is 0 Å². The van der Waals surface area contributed by atoms with Crippen LogP contribution in [0.5, 0.6) is 5.75 Å². The lowest BCUT2D eigenvalue weighted by Gasteiger charge is -2.04. The van der Waals surface area contributed by atoms with Gasteiger partial charge < -0.3 is 4.74 Å². The van der Waals surface area contributed by atoms with E-state index in [2.05, 4.69) is 10.2 Å². The lowest BCUT2D eigenvalue weighted by molar-refractivity contribution is 0.415. The summed E-state index contributed by atoms with van der Waals surface area (Å²) in [5, 5.41) is 8.42. The fourth-order valence-electron chi connectivity index (χ4n) is 2.63. The van der Waals surface area contributed by atoms with Crippen LogP contribution in [0.25, 0.3) is 26.8 Å².